The van der Waals surface area contributed by atoms with Crippen molar-refractivity contribution in [3.63, 3.8) is 0 Å². The quantitative estimate of drug-likeness (QED) is 0.802. The van der Waals surface area contributed by atoms with E-state index in [1.54, 1.807) is 9.80 Å². The van der Waals surface area contributed by atoms with Crippen LogP contribution in [-0.2, 0) is 16.1 Å². The molecular formula is C19H25N3O5. The number of amides is 3. The lowest BCUT2D eigenvalue weighted by Gasteiger charge is -2.28. The van der Waals surface area contributed by atoms with Crippen LogP contribution in [0.1, 0.15) is 18.4 Å². The highest BCUT2D eigenvalue weighted by molar-refractivity contribution is 5.81. The van der Waals surface area contributed by atoms with E-state index in [4.69, 9.17) is 14.2 Å². The highest BCUT2D eigenvalue weighted by Crippen LogP contribution is 2.31. The minimum atomic E-state index is -0.380. The molecule has 8 heteroatoms. The van der Waals surface area contributed by atoms with Crippen LogP contribution in [0.4, 0.5) is 4.79 Å². The standard InChI is InChI=1S/C19H25N3O5/c23-18(16-2-1-9-25-16)22(8-7-21-6-5-20-19(21)24)13-14-3-4-15-17(12-14)27-11-10-26-15/h3-4,12,16H,1-2,5-11,13H2,(H,20,24)/t16-/m1/s1. The molecule has 2 fully saturated rings. The molecule has 0 bridgehead atoms. The van der Waals surface area contributed by atoms with Crippen LogP contribution in [0.3, 0.4) is 0 Å². The zero-order valence-corrected chi connectivity index (χ0v) is 15.3. The largest absolute Gasteiger partial charge is 0.486 e. The smallest absolute Gasteiger partial charge is 0.317 e. The van der Waals surface area contributed by atoms with Crippen LogP contribution < -0.4 is 14.8 Å². The van der Waals surface area contributed by atoms with Gasteiger partial charge in [-0.1, -0.05) is 6.07 Å². The summed E-state index contributed by atoms with van der Waals surface area (Å²) in [5, 5.41) is 2.79. The third kappa shape index (κ3) is 4.10. The summed E-state index contributed by atoms with van der Waals surface area (Å²) < 4.78 is 16.8. The van der Waals surface area contributed by atoms with Gasteiger partial charge in [0, 0.05) is 39.3 Å². The summed E-state index contributed by atoms with van der Waals surface area (Å²) in [4.78, 5) is 28.3. The summed E-state index contributed by atoms with van der Waals surface area (Å²) in [7, 11) is 0. The Morgan fingerprint density at radius 2 is 2.07 bits per heavy atom. The van der Waals surface area contributed by atoms with E-state index in [9.17, 15) is 9.59 Å². The molecule has 3 heterocycles. The van der Waals surface area contributed by atoms with Crippen molar-refractivity contribution >= 4 is 11.9 Å². The first-order valence-electron chi connectivity index (χ1n) is 9.52. The van der Waals surface area contributed by atoms with Crippen molar-refractivity contribution in [3.05, 3.63) is 23.8 Å². The van der Waals surface area contributed by atoms with Gasteiger partial charge in [0.1, 0.15) is 19.3 Å². The van der Waals surface area contributed by atoms with Gasteiger partial charge in [-0.2, -0.15) is 0 Å². The molecule has 3 aliphatic rings. The second-order valence-corrected chi connectivity index (χ2v) is 6.96. The Kier molecular flexibility index (Phi) is 5.33. The fraction of sp³-hybridized carbons (Fsp3) is 0.579. The zero-order valence-electron chi connectivity index (χ0n) is 15.3. The summed E-state index contributed by atoms with van der Waals surface area (Å²) in [5.41, 5.74) is 0.969. The monoisotopic (exact) mass is 375 g/mol. The summed E-state index contributed by atoms with van der Waals surface area (Å²) in [5.74, 6) is 1.43. The second kappa shape index (κ2) is 8.04. The number of fused-ring (bicyclic) bond motifs is 1. The lowest BCUT2D eigenvalue weighted by Crippen LogP contribution is -2.43. The third-order valence-electron chi connectivity index (χ3n) is 5.08. The van der Waals surface area contributed by atoms with Gasteiger partial charge in [-0.3, -0.25) is 4.79 Å². The molecule has 2 saturated heterocycles. The van der Waals surface area contributed by atoms with E-state index in [1.165, 1.54) is 0 Å². The van der Waals surface area contributed by atoms with Crippen molar-refractivity contribution in [1.82, 2.24) is 15.1 Å². The Labute approximate surface area is 158 Å². The molecule has 0 aromatic heterocycles. The molecule has 146 valence electrons. The van der Waals surface area contributed by atoms with Crippen LogP contribution in [0, 0.1) is 0 Å². The normalized spacial score (nSPS) is 21.3. The highest BCUT2D eigenvalue weighted by Gasteiger charge is 2.29. The second-order valence-electron chi connectivity index (χ2n) is 6.96. The van der Waals surface area contributed by atoms with Crippen LogP contribution in [0.15, 0.2) is 18.2 Å². The molecular weight excluding hydrogens is 350 g/mol. The number of urea groups is 1. The first-order chi connectivity index (χ1) is 13.2. The maximum Gasteiger partial charge on any atom is 0.317 e. The number of carbonyl (C=O) groups excluding carboxylic acids is 2. The Hall–Kier alpha value is -2.48. The van der Waals surface area contributed by atoms with Crippen molar-refractivity contribution < 1.29 is 23.8 Å². The molecule has 1 N–H and O–H groups in total. The lowest BCUT2D eigenvalue weighted by molar-refractivity contribution is -0.141. The molecule has 0 spiro atoms. The number of carbonyl (C=O) groups is 2. The predicted octanol–water partition coefficient (Wildman–Crippen LogP) is 0.991. The van der Waals surface area contributed by atoms with Gasteiger partial charge in [0.2, 0.25) is 0 Å². The number of hydrogen-bond acceptors (Lipinski definition) is 5. The number of hydrogen-bond donors (Lipinski definition) is 1. The number of rotatable bonds is 6. The van der Waals surface area contributed by atoms with Crippen LogP contribution >= 0.6 is 0 Å². The van der Waals surface area contributed by atoms with Gasteiger partial charge in [0.25, 0.3) is 5.91 Å². The van der Waals surface area contributed by atoms with Gasteiger partial charge in [0.05, 0.1) is 0 Å². The van der Waals surface area contributed by atoms with Crippen molar-refractivity contribution in [2.45, 2.75) is 25.5 Å². The minimum absolute atomic E-state index is 0.0120. The number of ether oxygens (including phenoxy) is 3. The molecule has 0 aliphatic carbocycles. The first kappa shape index (κ1) is 17.9. The Bertz CT molecular complexity index is 705. The van der Waals surface area contributed by atoms with Crippen LogP contribution in [-0.4, -0.2) is 73.8 Å². The van der Waals surface area contributed by atoms with E-state index in [2.05, 4.69) is 5.32 Å². The maximum atomic E-state index is 13.0. The van der Waals surface area contributed by atoms with Crippen LogP contribution in [0.25, 0.3) is 0 Å². The molecule has 0 radical (unpaired) electrons. The fourth-order valence-corrected chi connectivity index (χ4v) is 3.62. The van der Waals surface area contributed by atoms with Gasteiger partial charge >= 0.3 is 6.03 Å². The van der Waals surface area contributed by atoms with Gasteiger partial charge in [-0.15, -0.1) is 0 Å². The van der Waals surface area contributed by atoms with E-state index in [0.717, 1.165) is 24.2 Å². The topological polar surface area (TPSA) is 80.3 Å². The van der Waals surface area contributed by atoms with E-state index in [-0.39, 0.29) is 18.0 Å². The predicted molar refractivity (Wildman–Crippen MR) is 96.8 cm³/mol. The summed E-state index contributed by atoms with van der Waals surface area (Å²) in [6.45, 7) is 4.46. The minimum Gasteiger partial charge on any atom is -0.486 e. The van der Waals surface area contributed by atoms with E-state index in [0.29, 0.717) is 58.3 Å². The summed E-state index contributed by atoms with van der Waals surface area (Å²) in [6.07, 6.45) is 1.28. The lowest BCUT2D eigenvalue weighted by atomic mass is 10.1. The molecule has 1 atom stereocenters. The average Bonchev–Trinajstić information content (AvgIpc) is 3.36. The van der Waals surface area contributed by atoms with Crippen molar-refractivity contribution in [2.24, 2.45) is 0 Å². The molecule has 3 amide bonds. The number of nitrogens with zero attached hydrogens (tertiary/aromatic N) is 2. The van der Waals surface area contributed by atoms with Gasteiger partial charge in [0.15, 0.2) is 11.5 Å². The van der Waals surface area contributed by atoms with Gasteiger partial charge < -0.3 is 29.3 Å². The van der Waals surface area contributed by atoms with Crippen LogP contribution in [0.2, 0.25) is 0 Å². The third-order valence-corrected chi connectivity index (χ3v) is 5.08. The fourth-order valence-electron chi connectivity index (χ4n) is 3.62. The SMILES string of the molecule is O=C1NCCN1CCN(Cc1ccc2c(c1)OCCO2)C(=O)[C@H]1CCCO1. The Morgan fingerprint density at radius 1 is 1.22 bits per heavy atom. The van der Waals surface area contributed by atoms with Gasteiger partial charge in [-0.05, 0) is 30.5 Å². The van der Waals surface area contributed by atoms with Crippen molar-refractivity contribution in [2.75, 3.05) is 46.0 Å². The van der Waals surface area contributed by atoms with Crippen molar-refractivity contribution in [1.29, 1.82) is 0 Å². The maximum absolute atomic E-state index is 13.0. The first-order valence-corrected chi connectivity index (χ1v) is 9.52. The highest BCUT2D eigenvalue weighted by atomic mass is 16.6. The molecule has 4 rings (SSSR count). The molecule has 27 heavy (non-hydrogen) atoms. The number of benzene rings is 1. The molecule has 8 nitrogen and oxygen atoms in total. The average molecular weight is 375 g/mol. The Balaban J connectivity index is 1.46. The summed E-state index contributed by atoms with van der Waals surface area (Å²) in [6, 6.07) is 5.68. The Morgan fingerprint density at radius 3 is 2.81 bits per heavy atom. The molecule has 1 aromatic rings. The molecule has 0 saturated carbocycles. The molecule has 3 aliphatic heterocycles. The molecule has 0 unspecified atom stereocenters. The van der Waals surface area contributed by atoms with Crippen molar-refractivity contribution in [3.8, 4) is 11.5 Å². The summed E-state index contributed by atoms with van der Waals surface area (Å²) >= 11 is 0. The number of nitrogens with one attached hydrogen (secondary N) is 1. The van der Waals surface area contributed by atoms with Gasteiger partial charge in [-0.25, -0.2) is 4.79 Å². The molecule has 1 aromatic carbocycles. The zero-order chi connectivity index (χ0) is 18.6. The van der Waals surface area contributed by atoms with E-state index in [1.807, 2.05) is 18.2 Å². The van der Waals surface area contributed by atoms with E-state index < -0.39 is 0 Å². The van der Waals surface area contributed by atoms with Crippen LogP contribution in [0.5, 0.6) is 11.5 Å². The van der Waals surface area contributed by atoms with E-state index >= 15 is 0 Å².